The van der Waals surface area contributed by atoms with Gasteiger partial charge in [0.1, 0.15) is 10.6 Å². The van der Waals surface area contributed by atoms with E-state index in [9.17, 15) is 4.79 Å². The zero-order chi connectivity index (χ0) is 12.0. The molecule has 0 aliphatic heterocycles. The normalized spacial score (nSPS) is 11.3. The summed E-state index contributed by atoms with van der Waals surface area (Å²) in [5.41, 5.74) is 1.20. The molecule has 0 bridgehead atoms. The Morgan fingerprint density at radius 1 is 1.44 bits per heavy atom. The number of thioether (sulfide) groups is 1. The van der Waals surface area contributed by atoms with Gasteiger partial charge in [0.15, 0.2) is 0 Å². The van der Waals surface area contributed by atoms with Crippen LogP contribution < -0.4 is 0 Å². The number of aryl methyl sites for hydroxylation is 1. The van der Waals surface area contributed by atoms with E-state index in [1.54, 1.807) is 6.92 Å². The third kappa shape index (κ3) is 4.73. The minimum absolute atomic E-state index is 0.289. The lowest BCUT2D eigenvalue weighted by Gasteiger charge is -2.00. The van der Waals surface area contributed by atoms with E-state index in [1.165, 1.54) is 23.6 Å². The quantitative estimate of drug-likeness (QED) is 0.461. The Morgan fingerprint density at radius 3 is 2.62 bits per heavy atom. The van der Waals surface area contributed by atoms with Gasteiger partial charge in [0.2, 0.25) is 0 Å². The first-order chi connectivity index (χ1) is 7.61. The number of esters is 1. The number of halogens is 1. The molecule has 0 unspecified atom stereocenters. The monoisotopic (exact) mass is 256 g/mol. The van der Waals surface area contributed by atoms with Crippen molar-refractivity contribution in [3.8, 4) is 0 Å². The maximum absolute atomic E-state index is 10.9. The van der Waals surface area contributed by atoms with E-state index in [0.29, 0.717) is 10.8 Å². The maximum Gasteiger partial charge on any atom is 0.310 e. The Bertz CT molecular complexity index is 385. The topological polar surface area (TPSA) is 26.3 Å². The summed E-state index contributed by atoms with van der Waals surface area (Å²) in [6.07, 6.45) is 1.62. The van der Waals surface area contributed by atoms with Crippen molar-refractivity contribution < 1.29 is 9.53 Å². The summed E-state index contributed by atoms with van der Waals surface area (Å²) in [7, 11) is 0. The lowest BCUT2D eigenvalue weighted by atomic mass is 10.2. The number of carbonyl (C=O) groups is 1. The predicted octanol–water partition coefficient (Wildman–Crippen LogP) is 4.08. The molecule has 0 heterocycles. The number of carbonyl (C=O) groups excluding carboxylic acids is 1. The van der Waals surface area contributed by atoms with Gasteiger partial charge in [-0.1, -0.05) is 48.0 Å². The van der Waals surface area contributed by atoms with E-state index >= 15 is 0 Å². The summed E-state index contributed by atoms with van der Waals surface area (Å²) in [5, 5.41) is 0. The molecule has 0 N–H and O–H groups in total. The highest BCUT2D eigenvalue weighted by molar-refractivity contribution is 8.04. The molecular weight excluding hydrogens is 244 g/mol. The van der Waals surface area contributed by atoms with Gasteiger partial charge < -0.3 is 4.74 Å². The van der Waals surface area contributed by atoms with Crippen molar-refractivity contribution in [3.05, 3.63) is 40.5 Å². The lowest BCUT2D eigenvalue weighted by molar-refractivity contribution is -0.137. The summed E-state index contributed by atoms with van der Waals surface area (Å²) < 4.78 is 5.23. The van der Waals surface area contributed by atoms with Gasteiger partial charge in [0.05, 0.1) is 0 Å². The summed E-state index contributed by atoms with van der Waals surface area (Å²) in [6.45, 7) is 3.76. The fraction of sp³-hybridized carbons (Fsp3) is 0.250. The Kier molecular flexibility index (Phi) is 5.43. The van der Waals surface area contributed by atoms with Crippen LogP contribution in [0.3, 0.4) is 0 Å². The van der Waals surface area contributed by atoms with Gasteiger partial charge in [0, 0.05) is 11.3 Å². The molecule has 0 saturated carbocycles. The molecule has 1 aromatic carbocycles. The first-order valence-corrected chi connectivity index (χ1v) is 6.11. The van der Waals surface area contributed by atoms with E-state index in [1.807, 2.05) is 31.2 Å². The van der Waals surface area contributed by atoms with Crippen molar-refractivity contribution in [3.63, 3.8) is 0 Å². The average Bonchev–Trinajstić information content (AvgIpc) is 2.29. The van der Waals surface area contributed by atoms with Gasteiger partial charge in [-0.25, -0.2) is 0 Å². The summed E-state index contributed by atoms with van der Waals surface area (Å²) in [6, 6.07) is 7.95. The van der Waals surface area contributed by atoms with Crippen LogP contribution in [0.4, 0.5) is 0 Å². The molecule has 0 atom stereocenters. The number of ether oxygens (including phenoxy) is 1. The van der Waals surface area contributed by atoms with Crippen molar-refractivity contribution in [1.82, 2.24) is 0 Å². The minimum atomic E-state index is -0.289. The fourth-order valence-corrected chi connectivity index (χ4v) is 1.84. The Balaban J connectivity index is 2.53. The van der Waals surface area contributed by atoms with E-state index in [2.05, 4.69) is 0 Å². The number of benzene rings is 1. The van der Waals surface area contributed by atoms with E-state index in [-0.39, 0.29) is 5.97 Å². The second-order valence-electron chi connectivity index (χ2n) is 3.18. The summed E-state index contributed by atoms with van der Waals surface area (Å²) in [5.74, 6) is -0.289. The summed E-state index contributed by atoms with van der Waals surface area (Å²) >= 11 is 7.26. The van der Waals surface area contributed by atoms with Gasteiger partial charge in [0.25, 0.3) is 0 Å². The van der Waals surface area contributed by atoms with Crippen LogP contribution >= 0.6 is 23.4 Å². The molecule has 0 spiro atoms. The van der Waals surface area contributed by atoms with Crippen LogP contribution in [-0.2, 0) is 9.53 Å². The molecule has 0 amide bonds. The Labute approximate surface area is 105 Å². The van der Waals surface area contributed by atoms with Crippen LogP contribution in [0.2, 0.25) is 0 Å². The highest BCUT2D eigenvalue weighted by atomic mass is 35.5. The number of hydrogen-bond donors (Lipinski definition) is 0. The molecule has 0 aromatic heterocycles. The van der Waals surface area contributed by atoms with Crippen molar-refractivity contribution in [2.45, 2.75) is 25.2 Å². The molecular formula is C12H13ClO2S. The third-order valence-electron chi connectivity index (χ3n) is 1.81. The van der Waals surface area contributed by atoms with E-state index in [4.69, 9.17) is 16.3 Å². The van der Waals surface area contributed by atoms with Crippen molar-refractivity contribution in [2.75, 3.05) is 0 Å². The fourth-order valence-electron chi connectivity index (χ4n) is 0.938. The molecule has 0 fully saturated rings. The first-order valence-electron chi connectivity index (χ1n) is 4.91. The molecule has 16 heavy (non-hydrogen) atoms. The van der Waals surface area contributed by atoms with Gasteiger partial charge in [-0.3, -0.25) is 4.79 Å². The predicted molar refractivity (Wildman–Crippen MR) is 67.4 cm³/mol. The highest BCUT2D eigenvalue weighted by Crippen LogP contribution is 2.29. The van der Waals surface area contributed by atoms with Crippen molar-refractivity contribution in [2.24, 2.45) is 0 Å². The Morgan fingerprint density at radius 2 is 2.06 bits per heavy atom. The zero-order valence-electron chi connectivity index (χ0n) is 9.20. The number of rotatable bonds is 4. The van der Waals surface area contributed by atoms with Crippen LogP contribution in [0.15, 0.2) is 39.8 Å². The van der Waals surface area contributed by atoms with E-state index < -0.39 is 0 Å². The molecule has 2 nitrogen and oxygen atoms in total. The molecule has 0 saturated heterocycles. The lowest BCUT2D eigenvalue weighted by Crippen LogP contribution is -1.95. The van der Waals surface area contributed by atoms with Gasteiger partial charge in [-0.15, -0.1) is 0 Å². The zero-order valence-corrected chi connectivity index (χ0v) is 10.8. The largest absolute Gasteiger partial charge is 0.432 e. The first kappa shape index (κ1) is 13.1. The molecule has 1 aromatic rings. The van der Waals surface area contributed by atoms with Gasteiger partial charge in [-0.05, 0) is 19.1 Å². The standard InChI is InChI=1S/C12H13ClO2S/c1-3-12(14)15-8-11(13)16-10-6-4-9(2)5-7-10/h4-8H,3H2,1-2H3/b11-8+. The van der Waals surface area contributed by atoms with Gasteiger partial charge >= 0.3 is 5.97 Å². The number of hydrogen-bond acceptors (Lipinski definition) is 3. The minimum Gasteiger partial charge on any atom is -0.432 e. The molecule has 1 rings (SSSR count). The van der Waals surface area contributed by atoms with Crippen molar-refractivity contribution in [1.29, 1.82) is 0 Å². The highest BCUT2D eigenvalue weighted by Gasteiger charge is 2.00. The third-order valence-corrected chi connectivity index (χ3v) is 2.93. The average molecular weight is 257 g/mol. The molecule has 4 heteroatoms. The second-order valence-corrected chi connectivity index (χ2v) is 4.93. The Hall–Kier alpha value is -0.930. The van der Waals surface area contributed by atoms with Crippen LogP contribution in [0.1, 0.15) is 18.9 Å². The smallest absolute Gasteiger partial charge is 0.310 e. The van der Waals surface area contributed by atoms with Crippen LogP contribution in [0, 0.1) is 6.92 Å². The van der Waals surface area contributed by atoms with Crippen LogP contribution in [0.25, 0.3) is 0 Å². The maximum atomic E-state index is 10.9. The second kappa shape index (κ2) is 6.61. The molecule has 0 aliphatic carbocycles. The molecule has 86 valence electrons. The SMILES string of the molecule is CCC(=O)O/C=C(\Cl)Sc1ccc(C)cc1. The molecule has 0 radical (unpaired) electrons. The summed E-state index contributed by atoms with van der Waals surface area (Å²) in [4.78, 5) is 11.9. The van der Waals surface area contributed by atoms with Crippen LogP contribution in [0.5, 0.6) is 0 Å². The molecule has 0 aliphatic rings. The van der Waals surface area contributed by atoms with Gasteiger partial charge in [-0.2, -0.15) is 0 Å². The van der Waals surface area contributed by atoms with E-state index in [0.717, 1.165) is 4.90 Å². The van der Waals surface area contributed by atoms with Crippen molar-refractivity contribution >= 4 is 29.3 Å². The van der Waals surface area contributed by atoms with Crippen LogP contribution in [-0.4, -0.2) is 5.97 Å².